The molecule has 13 heavy (non-hydrogen) atoms. The van der Waals surface area contributed by atoms with Gasteiger partial charge in [-0.3, -0.25) is 0 Å². The van der Waals surface area contributed by atoms with Crippen LogP contribution in [0.15, 0.2) is 0 Å². The average molecular weight is 204 g/mol. The summed E-state index contributed by atoms with van der Waals surface area (Å²) in [7, 11) is -3.01. The second-order valence-corrected chi connectivity index (χ2v) is 5.93. The molecule has 76 valence electrons. The van der Waals surface area contributed by atoms with Gasteiger partial charge in [0.05, 0.1) is 6.26 Å². The van der Waals surface area contributed by atoms with Crippen molar-refractivity contribution in [1.82, 2.24) is 10.0 Å². The monoisotopic (exact) mass is 204 g/mol. The Balaban J connectivity index is 1.91. The fourth-order valence-electron chi connectivity index (χ4n) is 2.42. The maximum Gasteiger partial charge on any atom is 0.208 e. The van der Waals surface area contributed by atoms with Gasteiger partial charge in [-0.2, -0.15) is 0 Å². The SMILES string of the molecule is CS(=O)(=O)NC1CC2CCNC[C@H]21. The smallest absolute Gasteiger partial charge is 0.208 e. The van der Waals surface area contributed by atoms with Gasteiger partial charge in [-0.25, -0.2) is 13.1 Å². The van der Waals surface area contributed by atoms with Gasteiger partial charge in [-0.15, -0.1) is 0 Å². The Kier molecular flexibility index (Phi) is 2.33. The van der Waals surface area contributed by atoms with Gasteiger partial charge in [0.2, 0.25) is 10.0 Å². The summed E-state index contributed by atoms with van der Waals surface area (Å²) >= 11 is 0. The van der Waals surface area contributed by atoms with Crippen LogP contribution in [-0.2, 0) is 10.0 Å². The Labute approximate surface area is 79.1 Å². The summed E-state index contributed by atoms with van der Waals surface area (Å²) in [5, 5.41) is 3.30. The van der Waals surface area contributed by atoms with E-state index in [1.807, 2.05) is 0 Å². The second kappa shape index (κ2) is 3.22. The highest BCUT2D eigenvalue weighted by molar-refractivity contribution is 7.88. The van der Waals surface area contributed by atoms with E-state index in [9.17, 15) is 8.42 Å². The highest BCUT2D eigenvalue weighted by atomic mass is 32.2. The first-order chi connectivity index (χ1) is 6.06. The van der Waals surface area contributed by atoms with E-state index < -0.39 is 10.0 Å². The van der Waals surface area contributed by atoms with Crippen LogP contribution in [0.2, 0.25) is 0 Å². The lowest BCUT2D eigenvalue weighted by atomic mass is 9.66. The third-order valence-corrected chi connectivity index (χ3v) is 3.85. The largest absolute Gasteiger partial charge is 0.316 e. The zero-order chi connectivity index (χ0) is 9.47. The minimum atomic E-state index is -3.01. The molecular weight excluding hydrogens is 188 g/mol. The molecule has 0 aromatic heterocycles. The van der Waals surface area contributed by atoms with Crippen molar-refractivity contribution in [1.29, 1.82) is 0 Å². The Morgan fingerprint density at radius 3 is 2.85 bits per heavy atom. The second-order valence-electron chi connectivity index (χ2n) is 4.15. The Morgan fingerprint density at radius 1 is 1.46 bits per heavy atom. The topological polar surface area (TPSA) is 58.2 Å². The van der Waals surface area contributed by atoms with Crippen molar-refractivity contribution in [2.24, 2.45) is 11.8 Å². The lowest BCUT2D eigenvalue weighted by Crippen LogP contribution is -2.58. The number of hydrogen-bond acceptors (Lipinski definition) is 3. The molecule has 1 saturated carbocycles. The summed E-state index contributed by atoms with van der Waals surface area (Å²) in [6.07, 6.45) is 3.46. The van der Waals surface area contributed by atoms with Gasteiger partial charge in [-0.1, -0.05) is 0 Å². The minimum Gasteiger partial charge on any atom is -0.316 e. The Hall–Kier alpha value is -0.130. The van der Waals surface area contributed by atoms with Crippen LogP contribution in [0.5, 0.6) is 0 Å². The van der Waals surface area contributed by atoms with Crippen LogP contribution in [-0.4, -0.2) is 33.8 Å². The van der Waals surface area contributed by atoms with Crippen LogP contribution >= 0.6 is 0 Å². The molecule has 0 aromatic carbocycles. The maximum atomic E-state index is 11.0. The highest BCUT2D eigenvalue weighted by Crippen LogP contribution is 2.38. The zero-order valence-corrected chi connectivity index (χ0v) is 8.60. The molecule has 2 N–H and O–H groups in total. The quantitative estimate of drug-likeness (QED) is 0.639. The average Bonchev–Trinajstić information content (AvgIpc) is 1.99. The summed E-state index contributed by atoms with van der Waals surface area (Å²) in [6, 6.07) is 0.188. The minimum absolute atomic E-state index is 0.188. The predicted molar refractivity (Wildman–Crippen MR) is 50.9 cm³/mol. The van der Waals surface area contributed by atoms with Crippen LogP contribution in [0.25, 0.3) is 0 Å². The third-order valence-electron chi connectivity index (χ3n) is 3.12. The van der Waals surface area contributed by atoms with Crippen LogP contribution in [0.3, 0.4) is 0 Å². The molecule has 2 rings (SSSR count). The van der Waals surface area contributed by atoms with Crippen molar-refractivity contribution in [3.05, 3.63) is 0 Å². The van der Waals surface area contributed by atoms with Crippen molar-refractivity contribution in [2.45, 2.75) is 18.9 Å². The number of piperidine rings is 1. The summed E-state index contributed by atoms with van der Waals surface area (Å²) in [5.41, 5.74) is 0. The van der Waals surface area contributed by atoms with E-state index in [1.165, 1.54) is 12.7 Å². The van der Waals surface area contributed by atoms with Crippen LogP contribution < -0.4 is 10.0 Å². The molecule has 1 saturated heterocycles. The molecule has 0 radical (unpaired) electrons. The molecular formula is C8H16N2O2S. The molecule has 4 nitrogen and oxygen atoms in total. The molecule has 2 aliphatic rings. The first-order valence-corrected chi connectivity index (χ1v) is 6.63. The summed E-state index contributed by atoms with van der Waals surface area (Å²) in [4.78, 5) is 0. The molecule has 0 spiro atoms. The first-order valence-electron chi connectivity index (χ1n) is 4.74. The number of sulfonamides is 1. The normalized spacial score (nSPS) is 39.3. The van der Waals surface area contributed by atoms with Crippen molar-refractivity contribution in [3.8, 4) is 0 Å². The van der Waals surface area contributed by atoms with Crippen LogP contribution in [0, 0.1) is 11.8 Å². The van der Waals surface area contributed by atoms with Gasteiger partial charge in [0.15, 0.2) is 0 Å². The van der Waals surface area contributed by atoms with E-state index in [2.05, 4.69) is 10.0 Å². The molecule has 1 aliphatic heterocycles. The van der Waals surface area contributed by atoms with Gasteiger partial charge in [0, 0.05) is 6.04 Å². The van der Waals surface area contributed by atoms with Gasteiger partial charge in [0.1, 0.15) is 0 Å². The van der Waals surface area contributed by atoms with E-state index in [1.54, 1.807) is 0 Å². The molecule has 0 aromatic rings. The van der Waals surface area contributed by atoms with E-state index in [-0.39, 0.29) is 6.04 Å². The van der Waals surface area contributed by atoms with Crippen LogP contribution in [0.4, 0.5) is 0 Å². The highest BCUT2D eigenvalue weighted by Gasteiger charge is 2.42. The van der Waals surface area contributed by atoms with Crippen molar-refractivity contribution in [2.75, 3.05) is 19.3 Å². The molecule has 0 bridgehead atoms. The number of nitrogens with one attached hydrogen (secondary N) is 2. The summed E-state index contributed by atoms with van der Waals surface area (Å²) in [5.74, 6) is 1.28. The van der Waals surface area contributed by atoms with Crippen molar-refractivity contribution >= 4 is 10.0 Å². The summed E-state index contributed by atoms with van der Waals surface area (Å²) in [6.45, 7) is 2.06. The molecule has 2 fully saturated rings. The number of fused-ring (bicyclic) bond motifs is 1. The van der Waals surface area contributed by atoms with E-state index in [0.717, 1.165) is 25.4 Å². The lowest BCUT2D eigenvalue weighted by Gasteiger charge is -2.47. The summed E-state index contributed by atoms with van der Waals surface area (Å²) < 4.78 is 24.6. The fraction of sp³-hybridized carbons (Fsp3) is 1.00. The lowest BCUT2D eigenvalue weighted by molar-refractivity contribution is 0.0870. The van der Waals surface area contributed by atoms with E-state index in [0.29, 0.717) is 5.92 Å². The molecule has 3 atom stereocenters. The molecule has 1 heterocycles. The maximum absolute atomic E-state index is 11.0. The molecule has 0 amide bonds. The van der Waals surface area contributed by atoms with Gasteiger partial charge >= 0.3 is 0 Å². The Bertz CT molecular complexity index is 289. The molecule has 2 unspecified atom stereocenters. The fourth-order valence-corrected chi connectivity index (χ4v) is 3.24. The third kappa shape index (κ3) is 2.03. The van der Waals surface area contributed by atoms with E-state index in [4.69, 9.17) is 0 Å². The van der Waals surface area contributed by atoms with Crippen molar-refractivity contribution < 1.29 is 8.42 Å². The van der Waals surface area contributed by atoms with Crippen LogP contribution in [0.1, 0.15) is 12.8 Å². The molecule has 5 heteroatoms. The van der Waals surface area contributed by atoms with Gasteiger partial charge < -0.3 is 5.32 Å². The number of hydrogen-bond donors (Lipinski definition) is 2. The van der Waals surface area contributed by atoms with Gasteiger partial charge in [-0.05, 0) is 37.8 Å². The standard InChI is InChI=1S/C8H16N2O2S/c1-13(11,12)10-8-4-6-2-3-9-5-7(6)8/h6-10H,2-5H2,1H3/t6?,7-,8?/m1/s1. The van der Waals surface area contributed by atoms with Crippen molar-refractivity contribution in [3.63, 3.8) is 0 Å². The zero-order valence-electron chi connectivity index (χ0n) is 7.79. The van der Waals surface area contributed by atoms with Gasteiger partial charge in [0.25, 0.3) is 0 Å². The van der Waals surface area contributed by atoms with E-state index >= 15 is 0 Å². The number of rotatable bonds is 2. The predicted octanol–water partition coefficient (Wildman–Crippen LogP) is -0.466. The Morgan fingerprint density at radius 2 is 2.23 bits per heavy atom. The molecule has 1 aliphatic carbocycles. The first kappa shape index (κ1) is 9.43.